The molecule has 2 atom stereocenters. The highest BCUT2D eigenvalue weighted by Gasteiger charge is 2.27. The zero-order chi connectivity index (χ0) is 18.5. The lowest BCUT2D eigenvalue weighted by Gasteiger charge is -2.35. The molecule has 142 valence electrons. The van der Waals surface area contributed by atoms with E-state index in [4.69, 9.17) is 5.11 Å². The maximum atomic E-state index is 12.2. The van der Waals surface area contributed by atoms with E-state index in [2.05, 4.69) is 18.8 Å². The second-order valence-electron chi connectivity index (χ2n) is 6.90. The Hall–Kier alpha value is -1.54. The van der Waals surface area contributed by atoms with Gasteiger partial charge in [0.05, 0.1) is 12.6 Å². The van der Waals surface area contributed by atoms with Gasteiger partial charge in [0.2, 0.25) is 5.91 Å². The molecular formula is C20H33NO4. The first-order valence-electron chi connectivity index (χ1n) is 9.69. The minimum atomic E-state index is -0.800. The van der Waals surface area contributed by atoms with E-state index < -0.39 is 5.97 Å². The van der Waals surface area contributed by atoms with E-state index in [-0.39, 0.29) is 24.5 Å². The average molecular weight is 351 g/mol. The number of carboxylic acids is 1. The van der Waals surface area contributed by atoms with E-state index in [1.807, 2.05) is 4.90 Å². The van der Waals surface area contributed by atoms with Crippen molar-refractivity contribution in [2.45, 2.75) is 96.1 Å². The van der Waals surface area contributed by atoms with Crippen molar-refractivity contribution >= 4 is 11.9 Å². The van der Waals surface area contributed by atoms with Gasteiger partial charge in [-0.2, -0.15) is 0 Å². The van der Waals surface area contributed by atoms with Gasteiger partial charge in [0.1, 0.15) is 0 Å². The summed E-state index contributed by atoms with van der Waals surface area (Å²) in [4.78, 5) is 24.5. The Morgan fingerprint density at radius 1 is 1.28 bits per heavy atom. The van der Waals surface area contributed by atoms with Crippen LogP contribution in [0.4, 0.5) is 0 Å². The largest absolute Gasteiger partial charge is 0.481 e. The third-order valence-corrected chi connectivity index (χ3v) is 4.73. The minimum Gasteiger partial charge on any atom is -0.481 e. The van der Waals surface area contributed by atoms with E-state index in [1.54, 1.807) is 0 Å². The number of carbonyl (C=O) groups excluding carboxylic acids is 1. The van der Waals surface area contributed by atoms with Crippen LogP contribution in [0.15, 0.2) is 0 Å². The summed E-state index contributed by atoms with van der Waals surface area (Å²) in [6.07, 6.45) is 9.23. The number of likely N-dealkylation sites (tertiary alicyclic amines) is 1. The van der Waals surface area contributed by atoms with E-state index in [0.29, 0.717) is 25.8 Å². The van der Waals surface area contributed by atoms with Gasteiger partial charge in [-0.25, -0.2) is 0 Å². The van der Waals surface area contributed by atoms with Crippen LogP contribution in [-0.2, 0) is 9.59 Å². The molecule has 1 heterocycles. The molecule has 5 nitrogen and oxygen atoms in total. The van der Waals surface area contributed by atoms with Gasteiger partial charge in [0, 0.05) is 25.3 Å². The lowest BCUT2D eigenvalue weighted by atomic mass is 9.95. The molecule has 1 aliphatic heterocycles. The molecule has 5 heteroatoms. The normalized spacial score (nSPS) is 18.6. The molecule has 0 aromatic rings. The van der Waals surface area contributed by atoms with Crippen molar-refractivity contribution in [1.82, 2.24) is 4.90 Å². The van der Waals surface area contributed by atoms with Gasteiger partial charge in [-0.3, -0.25) is 9.59 Å². The predicted molar refractivity (Wildman–Crippen MR) is 98.0 cm³/mol. The summed E-state index contributed by atoms with van der Waals surface area (Å²) < 4.78 is 0. The molecule has 0 bridgehead atoms. The second kappa shape index (κ2) is 12.8. The molecule has 2 N–H and O–H groups in total. The van der Waals surface area contributed by atoms with Gasteiger partial charge in [-0.1, -0.05) is 32.1 Å². The Bertz CT molecular complexity index is 466. The van der Waals surface area contributed by atoms with Crippen LogP contribution >= 0.6 is 0 Å². The maximum absolute atomic E-state index is 12.2. The lowest BCUT2D eigenvalue weighted by Crippen LogP contribution is -2.44. The van der Waals surface area contributed by atoms with Crippen molar-refractivity contribution in [2.75, 3.05) is 6.54 Å². The molecule has 0 saturated carbocycles. The van der Waals surface area contributed by atoms with Crippen LogP contribution in [0, 0.1) is 11.8 Å². The first-order chi connectivity index (χ1) is 12.0. The molecule has 0 spiro atoms. The molecule has 0 aliphatic carbocycles. The molecular weight excluding hydrogens is 318 g/mol. The summed E-state index contributed by atoms with van der Waals surface area (Å²) in [5.41, 5.74) is 0. The number of carbonyl (C=O) groups is 2. The fourth-order valence-corrected chi connectivity index (χ4v) is 3.23. The van der Waals surface area contributed by atoms with Crippen molar-refractivity contribution < 1.29 is 19.8 Å². The fraction of sp³-hybridized carbons (Fsp3) is 0.800. The minimum absolute atomic E-state index is 0.135. The number of amides is 1. The third-order valence-electron chi connectivity index (χ3n) is 4.73. The van der Waals surface area contributed by atoms with Gasteiger partial charge in [-0.05, 0) is 38.5 Å². The highest BCUT2D eigenvalue weighted by molar-refractivity contribution is 5.77. The van der Waals surface area contributed by atoms with Gasteiger partial charge in [0.15, 0.2) is 0 Å². The molecule has 1 amide bonds. The Kier molecular flexibility index (Phi) is 11.0. The van der Waals surface area contributed by atoms with Gasteiger partial charge in [-0.15, -0.1) is 5.92 Å². The number of carboxylic acid groups (broad SMARTS) is 1. The van der Waals surface area contributed by atoms with Crippen molar-refractivity contribution in [2.24, 2.45) is 0 Å². The van der Waals surface area contributed by atoms with Crippen LogP contribution in [0.5, 0.6) is 0 Å². The molecule has 1 fully saturated rings. The van der Waals surface area contributed by atoms with Crippen molar-refractivity contribution in [3.8, 4) is 11.8 Å². The second-order valence-corrected chi connectivity index (χ2v) is 6.90. The average Bonchev–Trinajstić information content (AvgIpc) is 2.57. The van der Waals surface area contributed by atoms with E-state index >= 15 is 0 Å². The number of aliphatic hydroxyl groups is 1. The summed E-state index contributed by atoms with van der Waals surface area (Å²) in [6.45, 7) is 2.57. The van der Waals surface area contributed by atoms with Gasteiger partial charge < -0.3 is 15.1 Å². The number of aliphatic hydroxyl groups excluding tert-OH is 1. The van der Waals surface area contributed by atoms with Crippen LogP contribution in [0.25, 0.3) is 0 Å². The van der Waals surface area contributed by atoms with Crippen LogP contribution in [-0.4, -0.2) is 45.7 Å². The van der Waals surface area contributed by atoms with E-state index in [9.17, 15) is 14.7 Å². The number of hydrogen-bond donors (Lipinski definition) is 2. The van der Waals surface area contributed by atoms with Crippen LogP contribution in [0.3, 0.4) is 0 Å². The molecule has 0 aromatic carbocycles. The zero-order valence-corrected chi connectivity index (χ0v) is 15.5. The van der Waals surface area contributed by atoms with Gasteiger partial charge >= 0.3 is 5.97 Å². The smallest absolute Gasteiger partial charge is 0.303 e. The predicted octanol–water partition coefficient (Wildman–Crippen LogP) is 3.35. The fourth-order valence-electron chi connectivity index (χ4n) is 3.23. The first kappa shape index (κ1) is 21.5. The lowest BCUT2D eigenvalue weighted by molar-refractivity contribution is -0.137. The zero-order valence-electron chi connectivity index (χ0n) is 15.5. The Morgan fingerprint density at radius 2 is 2.08 bits per heavy atom. The number of rotatable bonds is 11. The summed E-state index contributed by atoms with van der Waals surface area (Å²) >= 11 is 0. The Morgan fingerprint density at radius 3 is 2.80 bits per heavy atom. The standard InChI is InChI=1S/C20H33NO4/c1-2-3-6-11-18(22)15-14-17-10-9-12-19(23)21(17)16-8-5-4-7-13-20(24)25/h17-18,22H,2-4,6-7,9-16H2,1H3,(H,24,25)/t17-,18?/m1/s1. The summed E-state index contributed by atoms with van der Waals surface area (Å²) in [5, 5.41) is 18.7. The van der Waals surface area contributed by atoms with Gasteiger partial charge in [0.25, 0.3) is 0 Å². The van der Waals surface area contributed by atoms with Crippen molar-refractivity contribution in [1.29, 1.82) is 0 Å². The number of unbranched alkanes of at least 4 members (excludes halogenated alkanes) is 3. The molecule has 1 saturated heterocycles. The number of aliphatic carboxylic acids is 1. The highest BCUT2D eigenvalue weighted by atomic mass is 16.4. The monoisotopic (exact) mass is 351 g/mol. The van der Waals surface area contributed by atoms with Crippen molar-refractivity contribution in [3.05, 3.63) is 0 Å². The maximum Gasteiger partial charge on any atom is 0.303 e. The Labute approximate surface area is 151 Å². The van der Waals surface area contributed by atoms with E-state index in [0.717, 1.165) is 51.4 Å². The van der Waals surface area contributed by atoms with E-state index in [1.165, 1.54) is 0 Å². The van der Waals surface area contributed by atoms with Crippen molar-refractivity contribution in [3.63, 3.8) is 0 Å². The molecule has 25 heavy (non-hydrogen) atoms. The highest BCUT2D eigenvalue weighted by Crippen LogP contribution is 2.23. The summed E-state index contributed by atoms with van der Waals surface area (Å²) in [6, 6.07) is 0.176. The summed E-state index contributed by atoms with van der Waals surface area (Å²) in [5.74, 6) is 5.34. The molecule has 1 aliphatic rings. The van der Waals surface area contributed by atoms with Crippen LogP contribution in [0.2, 0.25) is 0 Å². The summed E-state index contributed by atoms with van der Waals surface area (Å²) in [7, 11) is 0. The quantitative estimate of drug-likeness (QED) is 0.442. The topological polar surface area (TPSA) is 77.8 Å². The third kappa shape index (κ3) is 9.50. The molecule has 0 aromatic heterocycles. The number of piperidine rings is 1. The first-order valence-corrected chi connectivity index (χ1v) is 9.69. The SMILES string of the molecule is CCCCCC(O)CC[C@H]1CCCC(=O)N1CC#CCCCC(=O)O. The van der Waals surface area contributed by atoms with Crippen LogP contribution < -0.4 is 0 Å². The Balaban J connectivity index is 2.38. The molecule has 1 rings (SSSR count). The number of nitrogens with zero attached hydrogens (tertiary/aromatic N) is 1. The number of hydrogen-bond acceptors (Lipinski definition) is 3. The van der Waals surface area contributed by atoms with Crippen LogP contribution in [0.1, 0.15) is 84.0 Å². The molecule has 0 radical (unpaired) electrons. The molecule has 1 unspecified atom stereocenters.